The molecule has 35 heavy (non-hydrogen) atoms. The highest BCUT2D eigenvalue weighted by atomic mass is 79.9. The summed E-state index contributed by atoms with van der Waals surface area (Å²) in [4.78, 5) is 44.3. The lowest BCUT2D eigenvalue weighted by Gasteiger charge is -2.36. The van der Waals surface area contributed by atoms with Gasteiger partial charge >= 0.3 is 5.97 Å². The normalized spacial score (nSPS) is 23.3. The van der Waals surface area contributed by atoms with Gasteiger partial charge in [-0.3, -0.25) is 9.59 Å². The van der Waals surface area contributed by atoms with Gasteiger partial charge in [0.15, 0.2) is 11.6 Å². The zero-order valence-corrected chi connectivity index (χ0v) is 20.6. The van der Waals surface area contributed by atoms with Gasteiger partial charge in [-0.25, -0.2) is 4.79 Å². The van der Waals surface area contributed by atoms with E-state index in [1.54, 1.807) is 31.2 Å². The average molecular weight is 528 g/mol. The fraction of sp³-hybridized carbons (Fsp3) is 0.207. The Labute approximate surface area is 211 Å². The quantitative estimate of drug-likeness (QED) is 0.335. The van der Waals surface area contributed by atoms with E-state index in [4.69, 9.17) is 4.74 Å². The summed E-state index contributed by atoms with van der Waals surface area (Å²) in [5, 5.41) is 0. The van der Waals surface area contributed by atoms with E-state index >= 15 is 0 Å². The molecule has 1 unspecified atom stereocenters. The topological polar surface area (TPSA) is 63.7 Å². The Bertz CT molecular complexity index is 1380. The third-order valence-corrected chi connectivity index (χ3v) is 8.00. The van der Waals surface area contributed by atoms with E-state index in [2.05, 4.69) is 15.9 Å². The zero-order chi connectivity index (χ0) is 24.3. The van der Waals surface area contributed by atoms with Gasteiger partial charge in [0.1, 0.15) is 11.5 Å². The van der Waals surface area contributed by atoms with Crippen LogP contribution in [0.5, 0.6) is 0 Å². The molecule has 0 amide bonds. The van der Waals surface area contributed by atoms with Crippen molar-refractivity contribution in [3.8, 4) is 0 Å². The van der Waals surface area contributed by atoms with Crippen LogP contribution in [0.2, 0.25) is 0 Å². The number of ether oxygens (including phenoxy) is 1. The number of hydrogen-bond acceptors (Lipinski definition) is 5. The van der Waals surface area contributed by atoms with Crippen LogP contribution < -0.4 is 4.90 Å². The molecule has 1 saturated heterocycles. The molecule has 3 aromatic rings. The Morgan fingerprint density at radius 2 is 1.57 bits per heavy atom. The largest absolute Gasteiger partial charge is 0.464 e. The molecular weight excluding hydrogens is 506 g/mol. The summed E-state index contributed by atoms with van der Waals surface area (Å²) < 4.78 is 6.45. The number of nitrogens with zero attached hydrogens (tertiary/aromatic N) is 1. The Morgan fingerprint density at radius 1 is 0.943 bits per heavy atom. The molecule has 2 heterocycles. The maximum Gasteiger partial charge on any atom is 0.329 e. The standard InChI is InChI=1S/C29H22BrNO4/c1-2-35-28(34)25-24(18-11-14-19(30)15-12-18)29(26(32)20-8-4-5-9-21(20)27(29)33)23-16-13-17-7-3-6-10-22(17)31(23)25/h3-16,23-25H,2H2,1H3/t23?,24-,25+/m0/s1. The number of halogens is 1. The maximum absolute atomic E-state index is 14.3. The highest BCUT2D eigenvalue weighted by Gasteiger charge is 2.71. The number of anilines is 1. The van der Waals surface area contributed by atoms with Crippen LogP contribution in [-0.2, 0) is 9.53 Å². The predicted molar refractivity (Wildman–Crippen MR) is 137 cm³/mol. The van der Waals surface area contributed by atoms with Crippen LogP contribution >= 0.6 is 15.9 Å². The van der Waals surface area contributed by atoms with Gasteiger partial charge in [-0.2, -0.15) is 0 Å². The molecule has 3 aliphatic rings. The van der Waals surface area contributed by atoms with E-state index in [1.165, 1.54) is 0 Å². The van der Waals surface area contributed by atoms with Gasteiger partial charge in [0.05, 0.1) is 12.6 Å². The molecule has 0 saturated carbocycles. The van der Waals surface area contributed by atoms with E-state index < -0.39 is 29.4 Å². The number of rotatable bonds is 3. The van der Waals surface area contributed by atoms with E-state index in [-0.39, 0.29) is 18.2 Å². The molecule has 174 valence electrons. The van der Waals surface area contributed by atoms with Gasteiger partial charge in [-0.1, -0.05) is 82.7 Å². The number of para-hydroxylation sites is 1. The van der Waals surface area contributed by atoms with Gasteiger partial charge in [-0.05, 0) is 36.2 Å². The first-order valence-corrected chi connectivity index (χ1v) is 12.5. The lowest BCUT2D eigenvalue weighted by atomic mass is 9.65. The number of ketones is 2. The van der Waals surface area contributed by atoms with Gasteiger partial charge in [-0.15, -0.1) is 0 Å². The van der Waals surface area contributed by atoms with Gasteiger partial charge in [0, 0.05) is 27.2 Å². The van der Waals surface area contributed by atoms with Crippen LogP contribution in [0.15, 0.2) is 83.3 Å². The van der Waals surface area contributed by atoms with Gasteiger partial charge < -0.3 is 9.64 Å². The van der Waals surface area contributed by atoms with Crippen molar-refractivity contribution in [2.24, 2.45) is 5.41 Å². The van der Waals surface area contributed by atoms with Crippen LogP contribution in [0.1, 0.15) is 44.7 Å². The van der Waals surface area contributed by atoms with Crippen molar-refractivity contribution in [2.75, 3.05) is 11.5 Å². The van der Waals surface area contributed by atoms with Gasteiger partial charge in [0.2, 0.25) is 0 Å². The molecule has 0 bridgehead atoms. The molecule has 1 spiro atoms. The number of benzene rings is 3. The first-order chi connectivity index (χ1) is 17.0. The first kappa shape index (κ1) is 22.0. The number of esters is 1. The summed E-state index contributed by atoms with van der Waals surface area (Å²) in [7, 11) is 0. The van der Waals surface area contributed by atoms with Crippen molar-refractivity contribution < 1.29 is 19.1 Å². The monoisotopic (exact) mass is 527 g/mol. The zero-order valence-electron chi connectivity index (χ0n) is 19.0. The third-order valence-electron chi connectivity index (χ3n) is 7.47. The molecule has 3 aromatic carbocycles. The van der Waals surface area contributed by atoms with E-state index in [0.717, 1.165) is 21.3 Å². The Kier molecular flexibility index (Phi) is 5.04. The molecule has 3 atom stereocenters. The van der Waals surface area contributed by atoms with Crippen LogP contribution in [-0.4, -0.2) is 36.2 Å². The fourth-order valence-corrected chi connectivity index (χ4v) is 6.42. The Hall–Kier alpha value is -3.51. The summed E-state index contributed by atoms with van der Waals surface area (Å²) in [6.45, 7) is 1.97. The molecule has 0 radical (unpaired) electrons. The van der Waals surface area contributed by atoms with Crippen molar-refractivity contribution in [1.29, 1.82) is 0 Å². The third kappa shape index (κ3) is 2.89. The molecule has 0 aromatic heterocycles. The van der Waals surface area contributed by atoms with E-state index in [0.29, 0.717) is 11.1 Å². The number of fused-ring (bicyclic) bond motifs is 5. The lowest BCUT2D eigenvalue weighted by Crippen LogP contribution is -2.48. The molecule has 2 aliphatic heterocycles. The van der Waals surface area contributed by atoms with Crippen LogP contribution in [0.3, 0.4) is 0 Å². The molecule has 5 nitrogen and oxygen atoms in total. The second-order valence-corrected chi connectivity index (χ2v) is 9.98. The highest BCUT2D eigenvalue weighted by Crippen LogP contribution is 2.60. The molecule has 6 heteroatoms. The summed E-state index contributed by atoms with van der Waals surface area (Å²) in [6.07, 6.45) is 3.86. The number of carbonyl (C=O) groups excluding carboxylic acids is 3. The van der Waals surface area contributed by atoms with Gasteiger partial charge in [0.25, 0.3) is 0 Å². The Balaban J connectivity index is 1.67. The molecular formula is C29H22BrNO4. The lowest BCUT2D eigenvalue weighted by molar-refractivity contribution is -0.145. The molecule has 1 fully saturated rings. The Morgan fingerprint density at radius 3 is 2.23 bits per heavy atom. The fourth-order valence-electron chi connectivity index (χ4n) is 6.16. The number of hydrogen-bond donors (Lipinski definition) is 0. The van der Waals surface area contributed by atoms with E-state index in [1.807, 2.05) is 65.6 Å². The maximum atomic E-state index is 14.3. The molecule has 6 rings (SSSR count). The van der Waals surface area contributed by atoms with Crippen LogP contribution in [0.25, 0.3) is 6.08 Å². The van der Waals surface area contributed by atoms with Crippen molar-refractivity contribution in [3.63, 3.8) is 0 Å². The average Bonchev–Trinajstić information content (AvgIpc) is 3.31. The number of carbonyl (C=O) groups is 3. The van der Waals surface area contributed by atoms with Crippen molar-refractivity contribution in [3.05, 3.63) is 106 Å². The molecule has 0 N–H and O–H groups in total. The van der Waals surface area contributed by atoms with Crippen molar-refractivity contribution in [2.45, 2.75) is 24.9 Å². The predicted octanol–water partition coefficient (Wildman–Crippen LogP) is 5.45. The summed E-state index contributed by atoms with van der Waals surface area (Å²) in [5.41, 5.74) is 1.83. The first-order valence-electron chi connectivity index (χ1n) is 11.7. The van der Waals surface area contributed by atoms with Crippen molar-refractivity contribution >= 4 is 45.2 Å². The smallest absolute Gasteiger partial charge is 0.329 e. The SMILES string of the molecule is CCOC(=O)[C@H]1[C@H](c2ccc(Br)cc2)C2(C(=O)c3ccccc3C2=O)C2C=Cc3ccccc3N21. The van der Waals surface area contributed by atoms with Crippen LogP contribution in [0.4, 0.5) is 5.69 Å². The second kappa shape index (κ2) is 8.02. The summed E-state index contributed by atoms with van der Waals surface area (Å²) in [6, 6.07) is 20.8. The summed E-state index contributed by atoms with van der Waals surface area (Å²) >= 11 is 3.48. The summed E-state index contributed by atoms with van der Waals surface area (Å²) in [5.74, 6) is -1.65. The minimum absolute atomic E-state index is 0.202. The molecule has 1 aliphatic carbocycles. The van der Waals surface area contributed by atoms with Crippen molar-refractivity contribution in [1.82, 2.24) is 0 Å². The van der Waals surface area contributed by atoms with Crippen LogP contribution in [0, 0.1) is 5.41 Å². The number of Topliss-reactive ketones (excluding diaryl/α,β-unsaturated/α-hetero) is 2. The highest BCUT2D eigenvalue weighted by molar-refractivity contribution is 9.10. The minimum Gasteiger partial charge on any atom is -0.464 e. The van der Waals surface area contributed by atoms with E-state index in [9.17, 15) is 14.4 Å². The minimum atomic E-state index is -1.49. The second-order valence-electron chi connectivity index (χ2n) is 9.07.